The quantitative estimate of drug-likeness (QED) is 0.411. The topological polar surface area (TPSA) is 83.8 Å². The van der Waals surface area contributed by atoms with Gasteiger partial charge in [-0.05, 0) is 27.2 Å². The molecule has 5 nitrogen and oxygen atoms in total. The monoisotopic (exact) mass is 256 g/mol. The number of ether oxygens (including phenoxy) is 1. The van der Waals surface area contributed by atoms with Crippen LogP contribution in [0.4, 0.5) is 0 Å². The van der Waals surface area contributed by atoms with Crippen LogP contribution in [0.1, 0.15) is 33.6 Å². The minimum absolute atomic E-state index is 0.142. The number of carbonyl (C=O) groups excluding carboxylic acids is 1. The summed E-state index contributed by atoms with van der Waals surface area (Å²) in [6.07, 6.45) is 3.40. The van der Waals surface area contributed by atoms with E-state index in [1.807, 2.05) is 0 Å². The number of carboxylic acids is 1. The Balaban J connectivity index is 4.01. The molecule has 102 valence electrons. The van der Waals surface area contributed by atoms with Gasteiger partial charge in [-0.2, -0.15) is 0 Å². The molecule has 0 aromatic rings. The molecule has 0 rings (SSSR count). The molecule has 5 heteroatoms. The molecule has 0 aliphatic rings. The largest absolute Gasteiger partial charge is 0.478 e. The maximum atomic E-state index is 11.4. The molecule has 0 spiro atoms. The highest BCUT2D eigenvalue weighted by Gasteiger charge is 2.05. The average molecular weight is 256 g/mol. The van der Waals surface area contributed by atoms with Gasteiger partial charge in [-0.15, -0.1) is 0 Å². The van der Waals surface area contributed by atoms with Gasteiger partial charge in [0.2, 0.25) is 0 Å². The van der Waals surface area contributed by atoms with Gasteiger partial charge in [-0.1, -0.05) is 12.2 Å². The average Bonchev–Trinajstić information content (AvgIpc) is 2.30. The molecule has 0 aromatic carbocycles. The zero-order valence-electron chi connectivity index (χ0n) is 11.0. The molecule has 0 aliphatic heterocycles. The summed E-state index contributed by atoms with van der Waals surface area (Å²) in [5.41, 5.74) is 0.669. The van der Waals surface area contributed by atoms with Gasteiger partial charge >= 0.3 is 11.9 Å². The molecule has 0 heterocycles. The summed E-state index contributed by atoms with van der Waals surface area (Å²) in [6, 6.07) is 0. The van der Waals surface area contributed by atoms with Gasteiger partial charge < -0.3 is 14.9 Å². The van der Waals surface area contributed by atoms with E-state index in [1.165, 1.54) is 13.0 Å². The van der Waals surface area contributed by atoms with Crippen molar-refractivity contribution in [2.45, 2.75) is 39.7 Å². The summed E-state index contributed by atoms with van der Waals surface area (Å²) >= 11 is 0. The van der Waals surface area contributed by atoms with Crippen LogP contribution in [0.2, 0.25) is 0 Å². The number of esters is 1. The van der Waals surface area contributed by atoms with E-state index in [2.05, 4.69) is 0 Å². The Bertz CT molecular complexity index is 352. The van der Waals surface area contributed by atoms with Crippen molar-refractivity contribution in [3.63, 3.8) is 0 Å². The Hall–Kier alpha value is -1.62. The number of aliphatic carboxylic acids is 1. The lowest BCUT2D eigenvalue weighted by atomic mass is 10.2. The normalized spacial score (nSPS) is 14.2. The fourth-order valence-electron chi connectivity index (χ4n) is 1.06. The van der Waals surface area contributed by atoms with Crippen molar-refractivity contribution in [2.24, 2.45) is 0 Å². The summed E-state index contributed by atoms with van der Waals surface area (Å²) in [7, 11) is 0. The smallest absolute Gasteiger partial charge is 0.333 e. The second kappa shape index (κ2) is 8.47. The van der Waals surface area contributed by atoms with Crippen LogP contribution in [0.15, 0.2) is 23.3 Å². The lowest BCUT2D eigenvalue weighted by Crippen LogP contribution is -2.08. The van der Waals surface area contributed by atoms with Crippen molar-refractivity contribution < 1.29 is 24.5 Å². The first kappa shape index (κ1) is 16.4. The molecule has 0 saturated carbocycles. The molecule has 0 bridgehead atoms. The summed E-state index contributed by atoms with van der Waals surface area (Å²) in [6.45, 7) is 4.87. The molecular formula is C13H20O5. The van der Waals surface area contributed by atoms with E-state index in [9.17, 15) is 9.59 Å². The predicted octanol–water partition coefficient (Wildman–Crippen LogP) is 1.67. The van der Waals surface area contributed by atoms with Gasteiger partial charge in [0.05, 0.1) is 12.7 Å². The first-order valence-electron chi connectivity index (χ1n) is 5.76. The predicted molar refractivity (Wildman–Crippen MR) is 67.0 cm³/mol. The number of aliphatic hydroxyl groups excluding tert-OH is 1. The highest BCUT2D eigenvalue weighted by atomic mass is 16.5. The number of rotatable bonds is 7. The Labute approximate surface area is 107 Å². The first-order chi connectivity index (χ1) is 8.34. The first-order valence-corrected chi connectivity index (χ1v) is 5.76. The maximum absolute atomic E-state index is 11.4. The maximum Gasteiger partial charge on any atom is 0.333 e. The standard InChI is InChI=1S/C13H20O5/c1-9(12(15)16)5-4-8-18-13(17)10(2)6-7-11(3)14/h5-6,11,14H,4,7-8H2,1-3H3,(H,15,16). The summed E-state index contributed by atoms with van der Waals surface area (Å²) in [4.78, 5) is 21.9. The third-order valence-corrected chi connectivity index (χ3v) is 2.23. The molecule has 1 unspecified atom stereocenters. The number of carboxylic acid groups (broad SMARTS) is 1. The molecule has 1 atom stereocenters. The summed E-state index contributed by atoms with van der Waals surface area (Å²) < 4.78 is 4.94. The van der Waals surface area contributed by atoms with Crippen LogP contribution in [-0.4, -0.2) is 34.9 Å². The van der Waals surface area contributed by atoms with Gasteiger partial charge in [0, 0.05) is 17.6 Å². The second-order valence-corrected chi connectivity index (χ2v) is 4.09. The van der Waals surface area contributed by atoms with E-state index >= 15 is 0 Å². The Kier molecular flexibility index (Phi) is 7.71. The van der Waals surface area contributed by atoms with Crippen molar-refractivity contribution in [2.75, 3.05) is 6.61 Å². The minimum Gasteiger partial charge on any atom is -0.478 e. The van der Waals surface area contributed by atoms with Gasteiger partial charge in [0.1, 0.15) is 0 Å². The third-order valence-electron chi connectivity index (χ3n) is 2.23. The van der Waals surface area contributed by atoms with Crippen molar-refractivity contribution in [1.29, 1.82) is 0 Å². The van der Waals surface area contributed by atoms with E-state index in [-0.39, 0.29) is 12.2 Å². The zero-order valence-corrected chi connectivity index (χ0v) is 11.0. The van der Waals surface area contributed by atoms with Crippen LogP contribution in [-0.2, 0) is 14.3 Å². The van der Waals surface area contributed by atoms with E-state index in [0.29, 0.717) is 18.4 Å². The van der Waals surface area contributed by atoms with Crippen LogP contribution in [0.5, 0.6) is 0 Å². The lowest BCUT2D eigenvalue weighted by Gasteiger charge is -2.04. The van der Waals surface area contributed by atoms with Crippen molar-refractivity contribution in [3.8, 4) is 0 Å². The molecule has 0 saturated heterocycles. The van der Waals surface area contributed by atoms with Gasteiger partial charge in [-0.3, -0.25) is 0 Å². The molecule has 0 radical (unpaired) electrons. The van der Waals surface area contributed by atoms with Crippen LogP contribution >= 0.6 is 0 Å². The van der Waals surface area contributed by atoms with E-state index in [1.54, 1.807) is 19.9 Å². The molecular weight excluding hydrogens is 236 g/mol. The van der Waals surface area contributed by atoms with Crippen LogP contribution in [0, 0.1) is 0 Å². The fourth-order valence-corrected chi connectivity index (χ4v) is 1.06. The highest BCUT2D eigenvalue weighted by molar-refractivity contribution is 5.87. The Morgan fingerprint density at radius 3 is 2.33 bits per heavy atom. The molecule has 0 amide bonds. The highest BCUT2D eigenvalue weighted by Crippen LogP contribution is 2.03. The minimum atomic E-state index is -0.977. The Morgan fingerprint density at radius 1 is 1.22 bits per heavy atom. The van der Waals surface area contributed by atoms with Crippen LogP contribution in [0.3, 0.4) is 0 Å². The van der Waals surface area contributed by atoms with E-state index in [4.69, 9.17) is 14.9 Å². The number of hydrogen-bond acceptors (Lipinski definition) is 4. The number of aliphatic hydroxyl groups is 1. The van der Waals surface area contributed by atoms with Crippen molar-refractivity contribution in [3.05, 3.63) is 23.3 Å². The Morgan fingerprint density at radius 2 is 1.83 bits per heavy atom. The molecule has 18 heavy (non-hydrogen) atoms. The van der Waals surface area contributed by atoms with Crippen LogP contribution < -0.4 is 0 Å². The fraction of sp³-hybridized carbons (Fsp3) is 0.538. The molecule has 0 aromatic heterocycles. The molecule has 2 N–H and O–H groups in total. The van der Waals surface area contributed by atoms with E-state index in [0.717, 1.165) is 0 Å². The lowest BCUT2D eigenvalue weighted by molar-refractivity contribution is -0.138. The third kappa shape index (κ3) is 7.62. The molecule has 0 fully saturated rings. The number of hydrogen-bond donors (Lipinski definition) is 2. The molecule has 0 aliphatic carbocycles. The summed E-state index contributed by atoms with van der Waals surface area (Å²) in [5, 5.41) is 17.6. The van der Waals surface area contributed by atoms with Crippen LogP contribution in [0.25, 0.3) is 0 Å². The zero-order chi connectivity index (χ0) is 14.1. The number of carbonyl (C=O) groups is 2. The SMILES string of the molecule is CC(=CCCOC(=O)C(C)=CCC(C)O)C(=O)O. The van der Waals surface area contributed by atoms with Crippen molar-refractivity contribution in [1.82, 2.24) is 0 Å². The van der Waals surface area contributed by atoms with Gasteiger partial charge in [0.15, 0.2) is 0 Å². The van der Waals surface area contributed by atoms with Gasteiger partial charge in [-0.25, -0.2) is 9.59 Å². The second-order valence-electron chi connectivity index (χ2n) is 4.09. The van der Waals surface area contributed by atoms with E-state index < -0.39 is 18.0 Å². The van der Waals surface area contributed by atoms with Gasteiger partial charge in [0.25, 0.3) is 0 Å². The summed E-state index contributed by atoms with van der Waals surface area (Å²) in [5.74, 6) is -1.42. The van der Waals surface area contributed by atoms with Crippen molar-refractivity contribution >= 4 is 11.9 Å².